The summed E-state index contributed by atoms with van der Waals surface area (Å²) in [6, 6.07) is 16.6. The molecule has 4 rings (SSSR count). The molecule has 3 aromatic rings. The molecule has 1 atom stereocenters. The Morgan fingerprint density at radius 2 is 1.55 bits per heavy atom. The van der Waals surface area contributed by atoms with Gasteiger partial charge in [0.15, 0.2) is 0 Å². The number of aliphatic hydroxyl groups is 1. The second kappa shape index (κ2) is 7.95. The lowest BCUT2D eigenvalue weighted by Crippen LogP contribution is -2.29. The molecule has 0 radical (unpaired) electrons. The summed E-state index contributed by atoms with van der Waals surface area (Å²) in [4.78, 5) is 27.3. The van der Waals surface area contributed by atoms with Crippen LogP contribution in [0.3, 0.4) is 0 Å². The van der Waals surface area contributed by atoms with E-state index in [0.29, 0.717) is 17.0 Å². The van der Waals surface area contributed by atoms with Gasteiger partial charge in [-0.2, -0.15) is 0 Å². The molecular formula is C24H18FNO5. The van der Waals surface area contributed by atoms with Crippen molar-refractivity contribution in [1.82, 2.24) is 0 Å². The summed E-state index contributed by atoms with van der Waals surface area (Å²) in [7, 11) is 1.51. The molecule has 156 valence electrons. The maximum absolute atomic E-state index is 13.3. The number of carbonyl (C=O) groups is 2. The average Bonchev–Trinajstić information content (AvgIpc) is 3.05. The zero-order valence-electron chi connectivity index (χ0n) is 16.4. The third-order valence-electron chi connectivity index (χ3n) is 5.12. The quantitative estimate of drug-likeness (QED) is 0.377. The molecule has 0 bridgehead atoms. The van der Waals surface area contributed by atoms with Gasteiger partial charge in [-0.1, -0.05) is 12.1 Å². The van der Waals surface area contributed by atoms with E-state index in [9.17, 15) is 24.2 Å². The Kier molecular flexibility index (Phi) is 5.17. The molecule has 0 spiro atoms. The average molecular weight is 419 g/mol. The Bertz CT molecular complexity index is 1170. The van der Waals surface area contributed by atoms with Crippen molar-refractivity contribution < 1.29 is 28.9 Å². The monoisotopic (exact) mass is 419 g/mol. The zero-order chi connectivity index (χ0) is 22.1. The normalized spacial score (nSPS) is 17.7. The van der Waals surface area contributed by atoms with Crippen molar-refractivity contribution in [1.29, 1.82) is 0 Å². The molecule has 1 fully saturated rings. The number of nitrogens with zero attached hydrogens (tertiary/aromatic N) is 1. The zero-order valence-corrected chi connectivity index (χ0v) is 16.4. The lowest BCUT2D eigenvalue weighted by molar-refractivity contribution is -0.132. The second-order valence-electron chi connectivity index (χ2n) is 6.97. The predicted octanol–water partition coefficient (Wildman–Crippen LogP) is 4.17. The number of ketones is 1. The lowest BCUT2D eigenvalue weighted by Gasteiger charge is -2.25. The Balaban J connectivity index is 1.91. The van der Waals surface area contributed by atoms with Crippen LogP contribution in [0.5, 0.6) is 11.5 Å². The summed E-state index contributed by atoms with van der Waals surface area (Å²) in [5, 5.41) is 20.6. The van der Waals surface area contributed by atoms with Crippen LogP contribution in [0.25, 0.3) is 5.76 Å². The van der Waals surface area contributed by atoms with E-state index in [1.165, 1.54) is 36.3 Å². The van der Waals surface area contributed by atoms with Gasteiger partial charge in [-0.3, -0.25) is 14.5 Å². The molecule has 2 N–H and O–H groups in total. The molecule has 3 aromatic carbocycles. The summed E-state index contributed by atoms with van der Waals surface area (Å²) in [5.41, 5.74) is 1.02. The summed E-state index contributed by atoms with van der Waals surface area (Å²) in [6.07, 6.45) is 0. The Hall–Kier alpha value is -4.13. The highest BCUT2D eigenvalue weighted by Gasteiger charge is 2.46. The minimum absolute atomic E-state index is 0.0173. The summed E-state index contributed by atoms with van der Waals surface area (Å²) in [6.45, 7) is 0. The van der Waals surface area contributed by atoms with Gasteiger partial charge in [-0.25, -0.2) is 4.39 Å². The maximum atomic E-state index is 13.3. The van der Waals surface area contributed by atoms with Crippen LogP contribution < -0.4 is 9.64 Å². The standard InChI is InChI=1S/C24H18FNO5/c1-31-19-12-8-17(9-13-19)26-21(14-4-10-18(27)11-5-14)20(23(29)24(26)30)22(28)15-2-6-16(25)7-3-15/h2-13,21,27-28H,1H3/b22-20+. The molecule has 31 heavy (non-hydrogen) atoms. The lowest BCUT2D eigenvalue weighted by atomic mass is 9.95. The number of rotatable bonds is 4. The van der Waals surface area contributed by atoms with Crippen molar-refractivity contribution in [3.8, 4) is 11.5 Å². The van der Waals surface area contributed by atoms with Crippen LogP contribution in [0.15, 0.2) is 78.4 Å². The van der Waals surface area contributed by atoms with Crippen LogP contribution in [0.1, 0.15) is 17.2 Å². The van der Waals surface area contributed by atoms with Gasteiger partial charge in [-0.15, -0.1) is 0 Å². The number of phenols is 1. The fourth-order valence-electron chi connectivity index (χ4n) is 3.58. The molecule has 1 saturated heterocycles. The number of aromatic hydroxyl groups is 1. The number of amides is 1. The number of hydrogen-bond acceptors (Lipinski definition) is 5. The van der Waals surface area contributed by atoms with Gasteiger partial charge < -0.3 is 14.9 Å². The highest BCUT2D eigenvalue weighted by atomic mass is 19.1. The van der Waals surface area contributed by atoms with Gasteiger partial charge >= 0.3 is 0 Å². The van der Waals surface area contributed by atoms with E-state index in [4.69, 9.17) is 4.74 Å². The number of anilines is 1. The predicted molar refractivity (Wildman–Crippen MR) is 112 cm³/mol. The van der Waals surface area contributed by atoms with Crippen LogP contribution in [0.2, 0.25) is 0 Å². The van der Waals surface area contributed by atoms with E-state index in [2.05, 4.69) is 0 Å². The van der Waals surface area contributed by atoms with Gasteiger partial charge in [0.05, 0.1) is 18.7 Å². The fourth-order valence-corrected chi connectivity index (χ4v) is 3.58. The number of phenolic OH excluding ortho intramolecular Hbond substituents is 1. The molecule has 1 unspecified atom stereocenters. The smallest absolute Gasteiger partial charge is 0.300 e. The first-order chi connectivity index (χ1) is 14.9. The van der Waals surface area contributed by atoms with E-state index in [-0.39, 0.29) is 16.9 Å². The third-order valence-corrected chi connectivity index (χ3v) is 5.12. The van der Waals surface area contributed by atoms with E-state index < -0.39 is 29.3 Å². The van der Waals surface area contributed by atoms with E-state index in [1.54, 1.807) is 36.4 Å². The molecule has 1 aliphatic heterocycles. The van der Waals surface area contributed by atoms with E-state index in [0.717, 1.165) is 12.1 Å². The summed E-state index contributed by atoms with van der Waals surface area (Å²) < 4.78 is 18.5. The number of hydrogen-bond donors (Lipinski definition) is 2. The van der Waals surface area contributed by atoms with Crippen molar-refractivity contribution in [2.75, 3.05) is 12.0 Å². The highest BCUT2D eigenvalue weighted by molar-refractivity contribution is 6.51. The van der Waals surface area contributed by atoms with Gasteiger partial charge in [0.2, 0.25) is 0 Å². The third kappa shape index (κ3) is 3.61. The molecule has 1 amide bonds. The van der Waals surface area contributed by atoms with Crippen molar-refractivity contribution in [3.05, 3.63) is 95.3 Å². The molecule has 0 aromatic heterocycles. The minimum atomic E-state index is -0.945. The topological polar surface area (TPSA) is 87.1 Å². The molecular weight excluding hydrogens is 401 g/mol. The van der Waals surface area contributed by atoms with Crippen molar-refractivity contribution in [2.45, 2.75) is 6.04 Å². The van der Waals surface area contributed by atoms with Crippen LogP contribution in [-0.2, 0) is 9.59 Å². The van der Waals surface area contributed by atoms with Gasteiger partial charge in [0.1, 0.15) is 23.1 Å². The number of Topliss-reactive ketones (excluding diaryl/α,β-unsaturated/α-hetero) is 1. The van der Waals surface area contributed by atoms with Gasteiger partial charge in [0.25, 0.3) is 11.7 Å². The number of carbonyl (C=O) groups excluding carboxylic acids is 2. The number of benzene rings is 3. The first-order valence-electron chi connectivity index (χ1n) is 9.40. The molecule has 1 aliphatic rings. The molecule has 0 aliphatic carbocycles. The second-order valence-corrected chi connectivity index (χ2v) is 6.97. The van der Waals surface area contributed by atoms with Crippen LogP contribution in [0, 0.1) is 5.82 Å². The first-order valence-corrected chi connectivity index (χ1v) is 9.40. The number of aliphatic hydroxyl groups excluding tert-OH is 1. The first kappa shape index (κ1) is 20.2. The SMILES string of the molecule is COc1ccc(N2C(=O)C(=O)/C(=C(/O)c3ccc(F)cc3)C2c2ccc(O)cc2)cc1. The van der Waals surface area contributed by atoms with E-state index in [1.807, 2.05) is 0 Å². The molecule has 0 saturated carbocycles. The Morgan fingerprint density at radius 3 is 2.13 bits per heavy atom. The minimum Gasteiger partial charge on any atom is -0.508 e. The van der Waals surface area contributed by atoms with Crippen LogP contribution in [0.4, 0.5) is 10.1 Å². The van der Waals surface area contributed by atoms with Crippen LogP contribution >= 0.6 is 0 Å². The van der Waals surface area contributed by atoms with Gasteiger partial charge in [0, 0.05) is 11.3 Å². The highest BCUT2D eigenvalue weighted by Crippen LogP contribution is 2.42. The maximum Gasteiger partial charge on any atom is 0.300 e. The number of halogens is 1. The van der Waals surface area contributed by atoms with Crippen molar-refractivity contribution in [3.63, 3.8) is 0 Å². The van der Waals surface area contributed by atoms with E-state index >= 15 is 0 Å². The molecule has 1 heterocycles. The van der Waals surface area contributed by atoms with Crippen molar-refractivity contribution in [2.24, 2.45) is 0 Å². The van der Waals surface area contributed by atoms with Crippen LogP contribution in [-0.4, -0.2) is 29.0 Å². The fraction of sp³-hybridized carbons (Fsp3) is 0.0833. The largest absolute Gasteiger partial charge is 0.508 e. The number of ether oxygens (including phenoxy) is 1. The van der Waals surface area contributed by atoms with Crippen molar-refractivity contribution >= 4 is 23.1 Å². The van der Waals surface area contributed by atoms with Gasteiger partial charge in [-0.05, 0) is 66.2 Å². The Morgan fingerprint density at radius 1 is 0.935 bits per heavy atom. The number of methoxy groups -OCH3 is 1. The summed E-state index contributed by atoms with van der Waals surface area (Å²) >= 11 is 0. The summed E-state index contributed by atoms with van der Waals surface area (Å²) in [5.74, 6) is -1.99. The molecule has 7 heteroatoms. The molecule has 6 nitrogen and oxygen atoms in total. The Labute approximate surface area is 177 Å².